The maximum Gasteiger partial charge on any atom is 0.265 e. The van der Waals surface area contributed by atoms with Crippen molar-refractivity contribution >= 4 is 26.5 Å². The van der Waals surface area contributed by atoms with Crippen LogP contribution in [0.2, 0.25) is 0 Å². The smallest absolute Gasteiger partial charge is 0.244 e. The van der Waals surface area contributed by atoms with Crippen LogP contribution in [0.15, 0.2) is 64.9 Å². The van der Waals surface area contributed by atoms with Gasteiger partial charge in [0.15, 0.2) is 5.13 Å². The predicted octanol–water partition coefficient (Wildman–Crippen LogP) is 6.10. The molecular formula is C26H28N2O2S2. The Kier molecular flexibility index (Phi) is 4.74. The van der Waals surface area contributed by atoms with Crippen LogP contribution in [0.3, 0.4) is 0 Å². The van der Waals surface area contributed by atoms with Crippen LogP contribution in [0.25, 0.3) is 11.1 Å². The van der Waals surface area contributed by atoms with Gasteiger partial charge < -0.3 is 0 Å². The largest absolute Gasteiger partial charge is 0.265 e. The van der Waals surface area contributed by atoms with Crippen molar-refractivity contribution in [2.45, 2.75) is 48.8 Å². The molecule has 0 amide bonds. The number of hydrogen-bond donors (Lipinski definition) is 0. The standard InChI is InChI=1S/C26H28N2O2S2/c1-28(32(29,30)23-9-7-22(8-10-23)21-5-3-2-4-6-21)25-27-24(17-31-25)26-14-18-11-19(15-26)13-20(12-18)16-26/h2-10,17-20H,11-16H2,1H3. The highest BCUT2D eigenvalue weighted by Gasteiger charge is 2.52. The molecule has 4 nitrogen and oxygen atoms in total. The normalized spacial score (nSPS) is 28.7. The molecule has 0 N–H and O–H groups in total. The van der Waals surface area contributed by atoms with E-state index in [0.717, 1.165) is 34.6 Å². The van der Waals surface area contributed by atoms with Gasteiger partial charge in [-0.3, -0.25) is 0 Å². The zero-order valence-electron chi connectivity index (χ0n) is 18.3. The second-order valence-corrected chi connectivity index (χ2v) is 12.9. The molecule has 0 unspecified atom stereocenters. The molecule has 4 aliphatic carbocycles. The quantitative estimate of drug-likeness (QED) is 0.458. The van der Waals surface area contributed by atoms with Crippen LogP contribution >= 0.6 is 11.3 Å². The molecule has 0 radical (unpaired) electrons. The van der Waals surface area contributed by atoms with E-state index in [1.165, 1.54) is 54.2 Å². The molecule has 4 aliphatic rings. The Balaban J connectivity index is 1.26. The Labute approximate surface area is 194 Å². The Bertz CT molecular complexity index is 1200. The average Bonchev–Trinajstić information content (AvgIpc) is 3.29. The molecule has 4 fully saturated rings. The van der Waals surface area contributed by atoms with Gasteiger partial charge in [-0.1, -0.05) is 42.5 Å². The van der Waals surface area contributed by atoms with Gasteiger partial charge >= 0.3 is 0 Å². The summed E-state index contributed by atoms with van der Waals surface area (Å²) in [4.78, 5) is 5.22. The van der Waals surface area contributed by atoms with Crippen LogP contribution in [0, 0.1) is 17.8 Å². The fourth-order valence-electron chi connectivity index (χ4n) is 6.79. The van der Waals surface area contributed by atoms with Crippen molar-refractivity contribution in [1.29, 1.82) is 0 Å². The van der Waals surface area contributed by atoms with Crippen LogP contribution in [-0.2, 0) is 15.4 Å². The van der Waals surface area contributed by atoms with Crippen molar-refractivity contribution in [3.8, 4) is 11.1 Å². The van der Waals surface area contributed by atoms with Gasteiger partial charge in [-0.15, -0.1) is 11.3 Å². The third-order valence-corrected chi connectivity index (χ3v) is 10.8. The molecule has 3 aromatic rings. The lowest BCUT2D eigenvalue weighted by Crippen LogP contribution is -2.48. The first kappa shape index (κ1) is 20.4. The van der Waals surface area contributed by atoms with Crippen molar-refractivity contribution in [1.82, 2.24) is 4.98 Å². The van der Waals surface area contributed by atoms with Gasteiger partial charge in [-0.25, -0.2) is 17.7 Å². The fraction of sp³-hybridized carbons (Fsp3) is 0.423. The summed E-state index contributed by atoms with van der Waals surface area (Å²) in [5.74, 6) is 2.53. The molecule has 166 valence electrons. The lowest BCUT2D eigenvalue weighted by molar-refractivity contribution is -0.00689. The molecule has 2 aromatic carbocycles. The number of sulfonamides is 1. The first-order valence-corrected chi connectivity index (χ1v) is 13.9. The number of rotatable bonds is 5. The average molecular weight is 465 g/mol. The SMILES string of the molecule is CN(c1nc(C23CC4CC(CC(C4)C2)C3)cs1)S(=O)(=O)c1ccc(-c2ccccc2)cc1. The Morgan fingerprint density at radius 1 is 0.875 bits per heavy atom. The second-order valence-electron chi connectivity index (χ2n) is 10.1. The first-order valence-electron chi connectivity index (χ1n) is 11.5. The fourth-order valence-corrected chi connectivity index (χ4v) is 9.07. The molecule has 0 atom stereocenters. The van der Waals surface area contributed by atoms with Crippen LogP contribution < -0.4 is 4.31 Å². The number of hydrogen-bond acceptors (Lipinski definition) is 4. The molecule has 7 rings (SSSR count). The van der Waals surface area contributed by atoms with Crippen LogP contribution in [-0.4, -0.2) is 20.4 Å². The van der Waals surface area contributed by atoms with E-state index in [0.29, 0.717) is 10.0 Å². The Hall–Kier alpha value is -2.18. The lowest BCUT2D eigenvalue weighted by Gasteiger charge is -2.56. The zero-order chi connectivity index (χ0) is 21.9. The van der Waals surface area contributed by atoms with E-state index < -0.39 is 10.0 Å². The summed E-state index contributed by atoms with van der Waals surface area (Å²) in [5, 5.41) is 2.70. The molecule has 0 aliphatic heterocycles. The van der Waals surface area contributed by atoms with Crippen molar-refractivity contribution in [3.05, 3.63) is 65.7 Å². The number of nitrogens with zero attached hydrogens (tertiary/aromatic N) is 2. The minimum atomic E-state index is -3.65. The van der Waals surface area contributed by atoms with Gasteiger partial charge in [-0.05, 0) is 79.5 Å². The minimum absolute atomic E-state index is 0.186. The van der Waals surface area contributed by atoms with Crippen LogP contribution in [0.4, 0.5) is 5.13 Å². The summed E-state index contributed by atoms with van der Waals surface area (Å²) in [6, 6.07) is 17.1. The van der Waals surface area contributed by atoms with Crippen LogP contribution in [0.5, 0.6) is 0 Å². The number of anilines is 1. The molecule has 6 heteroatoms. The van der Waals surface area contributed by atoms with Gasteiger partial charge in [0.1, 0.15) is 0 Å². The highest BCUT2D eigenvalue weighted by atomic mass is 32.2. The van der Waals surface area contributed by atoms with E-state index in [9.17, 15) is 8.42 Å². The molecular weight excluding hydrogens is 436 g/mol. The Morgan fingerprint density at radius 3 is 2.03 bits per heavy atom. The lowest BCUT2D eigenvalue weighted by atomic mass is 9.49. The summed E-state index contributed by atoms with van der Waals surface area (Å²) in [6.45, 7) is 0. The highest BCUT2D eigenvalue weighted by molar-refractivity contribution is 7.93. The van der Waals surface area contributed by atoms with Crippen molar-refractivity contribution in [2.75, 3.05) is 11.4 Å². The Morgan fingerprint density at radius 2 is 1.44 bits per heavy atom. The summed E-state index contributed by atoms with van der Waals surface area (Å²) >= 11 is 1.46. The van der Waals surface area contributed by atoms with Gasteiger partial charge in [0, 0.05) is 17.8 Å². The van der Waals surface area contributed by atoms with Crippen LogP contribution in [0.1, 0.15) is 44.2 Å². The van der Waals surface area contributed by atoms with Gasteiger partial charge in [-0.2, -0.15) is 0 Å². The summed E-state index contributed by atoms with van der Waals surface area (Å²) in [5.41, 5.74) is 3.40. The van der Waals surface area contributed by atoms with E-state index in [4.69, 9.17) is 4.98 Å². The molecule has 0 saturated heterocycles. The maximum absolute atomic E-state index is 13.3. The topological polar surface area (TPSA) is 50.3 Å². The number of thiazole rings is 1. The molecule has 0 spiro atoms. The number of benzene rings is 2. The summed E-state index contributed by atoms with van der Waals surface area (Å²) in [7, 11) is -2.02. The molecule has 32 heavy (non-hydrogen) atoms. The minimum Gasteiger partial charge on any atom is -0.244 e. The highest BCUT2D eigenvalue weighted by Crippen LogP contribution is 2.60. The third kappa shape index (κ3) is 3.30. The number of aromatic nitrogens is 1. The predicted molar refractivity (Wildman–Crippen MR) is 129 cm³/mol. The van der Waals surface area contributed by atoms with Crippen molar-refractivity contribution in [3.63, 3.8) is 0 Å². The second kappa shape index (κ2) is 7.42. The van der Waals surface area contributed by atoms with E-state index in [1.807, 2.05) is 42.5 Å². The van der Waals surface area contributed by atoms with E-state index >= 15 is 0 Å². The van der Waals surface area contributed by atoms with E-state index in [1.54, 1.807) is 19.2 Å². The molecule has 4 saturated carbocycles. The molecule has 4 bridgehead atoms. The maximum atomic E-state index is 13.3. The first-order chi connectivity index (χ1) is 15.4. The summed E-state index contributed by atoms with van der Waals surface area (Å²) < 4.78 is 28.0. The molecule has 1 heterocycles. The van der Waals surface area contributed by atoms with Gasteiger partial charge in [0.2, 0.25) is 0 Å². The van der Waals surface area contributed by atoms with E-state index in [2.05, 4.69) is 5.38 Å². The monoisotopic (exact) mass is 464 g/mol. The molecule has 1 aromatic heterocycles. The van der Waals surface area contributed by atoms with Gasteiger partial charge in [0.25, 0.3) is 10.0 Å². The van der Waals surface area contributed by atoms with Gasteiger partial charge in [0.05, 0.1) is 10.6 Å². The zero-order valence-corrected chi connectivity index (χ0v) is 19.9. The van der Waals surface area contributed by atoms with Crippen molar-refractivity contribution in [2.24, 2.45) is 17.8 Å². The third-order valence-electron chi connectivity index (χ3n) is 7.96. The van der Waals surface area contributed by atoms with E-state index in [-0.39, 0.29) is 5.41 Å². The summed E-state index contributed by atoms with van der Waals surface area (Å²) in [6.07, 6.45) is 7.88. The van der Waals surface area contributed by atoms with Crippen molar-refractivity contribution < 1.29 is 8.42 Å².